The molecule has 0 radical (unpaired) electrons. The van der Waals surface area contributed by atoms with E-state index in [1.54, 1.807) is 18.2 Å². The maximum absolute atomic E-state index is 12.9. The zero-order valence-electron chi connectivity index (χ0n) is 16.6. The number of hydrogen-bond donors (Lipinski definition) is 2. The second-order valence-electron chi connectivity index (χ2n) is 7.38. The van der Waals surface area contributed by atoms with E-state index in [1.165, 1.54) is 15.6 Å². The van der Waals surface area contributed by atoms with E-state index in [4.69, 9.17) is 23.2 Å². The number of nitrogens with zero attached hydrogens (tertiary/aromatic N) is 5. The highest BCUT2D eigenvalue weighted by Crippen LogP contribution is 2.27. The fourth-order valence-electron chi connectivity index (χ4n) is 3.82. The number of aromatic amines is 1. The Morgan fingerprint density at radius 3 is 2.75 bits per heavy atom. The molecule has 0 aliphatic carbocycles. The first-order valence-corrected chi connectivity index (χ1v) is 10.7. The average Bonchev–Trinajstić information content (AvgIpc) is 3.37. The minimum atomic E-state index is -0.487. The minimum absolute atomic E-state index is 0.000584. The zero-order valence-corrected chi connectivity index (χ0v) is 18.1. The lowest BCUT2D eigenvalue weighted by Gasteiger charge is -2.14. The minimum Gasteiger partial charge on any atom is -0.339 e. The Labute approximate surface area is 192 Å². The van der Waals surface area contributed by atoms with Gasteiger partial charge in [-0.25, -0.2) is 24.1 Å². The molecule has 2 N–H and O–H groups in total. The molecule has 0 saturated heterocycles. The Hall–Kier alpha value is -3.43. The number of benzene rings is 2. The molecule has 0 fully saturated rings. The second kappa shape index (κ2) is 8.25. The number of H-pyrrole nitrogens is 1. The summed E-state index contributed by atoms with van der Waals surface area (Å²) in [5.41, 5.74) is 2.10. The van der Waals surface area contributed by atoms with Crippen molar-refractivity contribution in [3.05, 3.63) is 92.1 Å². The van der Waals surface area contributed by atoms with Gasteiger partial charge in [0, 0.05) is 15.6 Å². The Kier molecular flexibility index (Phi) is 5.28. The number of hydrogen-bond acceptors (Lipinski definition) is 5. The lowest BCUT2D eigenvalue weighted by molar-refractivity contribution is 0.0922. The SMILES string of the molecule is O=C(NC1CCc2ccccc2-n2c1n[nH]c2=O)c1ncn(Cc2c(Cl)cccc2Cl)n1. The van der Waals surface area contributed by atoms with Gasteiger partial charge in [-0.15, -0.1) is 5.10 Å². The van der Waals surface area contributed by atoms with Gasteiger partial charge in [0.15, 0.2) is 5.82 Å². The molecular formula is C21H17Cl2N7O2. The summed E-state index contributed by atoms with van der Waals surface area (Å²) in [4.78, 5) is 29.4. The van der Waals surface area contributed by atoms with Gasteiger partial charge >= 0.3 is 5.69 Å². The number of fused-ring (bicyclic) bond motifs is 3. The lowest BCUT2D eigenvalue weighted by atomic mass is 10.1. The van der Waals surface area contributed by atoms with Crippen molar-refractivity contribution in [2.45, 2.75) is 25.4 Å². The summed E-state index contributed by atoms with van der Waals surface area (Å²) in [6.45, 7) is 0.274. The number of amides is 1. The van der Waals surface area contributed by atoms with E-state index in [0.717, 1.165) is 11.3 Å². The van der Waals surface area contributed by atoms with Crippen LogP contribution in [0.15, 0.2) is 53.6 Å². The van der Waals surface area contributed by atoms with Gasteiger partial charge < -0.3 is 5.32 Å². The molecule has 1 aliphatic heterocycles. The Balaban J connectivity index is 1.38. The number of halogens is 2. The molecule has 1 atom stereocenters. The van der Waals surface area contributed by atoms with E-state index in [2.05, 4.69) is 25.6 Å². The van der Waals surface area contributed by atoms with Gasteiger partial charge in [-0.3, -0.25) is 4.79 Å². The monoisotopic (exact) mass is 469 g/mol. The molecule has 5 rings (SSSR count). The van der Waals surface area contributed by atoms with E-state index in [1.807, 2.05) is 24.3 Å². The van der Waals surface area contributed by atoms with Crippen LogP contribution in [0.1, 0.15) is 40.0 Å². The predicted octanol–water partition coefficient (Wildman–Crippen LogP) is 2.92. The molecular weight excluding hydrogens is 453 g/mol. The van der Waals surface area contributed by atoms with Gasteiger partial charge in [0.05, 0.1) is 18.3 Å². The molecule has 162 valence electrons. The first kappa shape index (κ1) is 20.5. The van der Waals surface area contributed by atoms with E-state index in [-0.39, 0.29) is 18.1 Å². The van der Waals surface area contributed by atoms with Crippen LogP contribution in [0.4, 0.5) is 0 Å². The van der Waals surface area contributed by atoms with Gasteiger partial charge in [0.1, 0.15) is 6.33 Å². The molecule has 1 unspecified atom stereocenters. The summed E-state index contributed by atoms with van der Waals surface area (Å²) < 4.78 is 2.99. The molecule has 1 aliphatic rings. The third kappa shape index (κ3) is 3.69. The van der Waals surface area contributed by atoms with E-state index in [9.17, 15) is 9.59 Å². The third-order valence-corrected chi connectivity index (χ3v) is 6.08. The van der Waals surface area contributed by atoms with Crippen molar-refractivity contribution < 1.29 is 4.79 Å². The van der Waals surface area contributed by atoms with Crippen molar-refractivity contribution in [2.24, 2.45) is 0 Å². The van der Waals surface area contributed by atoms with Crippen LogP contribution in [0.25, 0.3) is 5.69 Å². The van der Waals surface area contributed by atoms with Crippen molar-refractivity contribution in [3.63, 3.8) is 0 Å². The standard InChI is InChI=1S/C21H17Cl2N7O2/c22-14-5-3-6-15(23)13(14)10-29-11-24-18(28-29)20(31)25-16-9-8-12-4-1-2-7-17(12)30-19(16)26-27-21(30)32/h1-7,11,16H,8-10H2,(H,25,31)(H,27,32). The Morgan fingerprint density at radius 2 is 1.94 bits per heavy atom. The van der Waals surface area contributed by atoms with Gasteiger partial charge in [0.2, 0.25) is 5.82 Å². The number of rotatable bonds is 4. The van der Waals surface area contributed by atoms with Crippen molar-refractivity contribution in [1.82, 2.24) is 34.8 Å². The number of carbonyl (C=O) groups is 1. The van der Waals surface area contributed by atoms with Crippen LogP contribution >= 0.6 is 23.2 Å². The van der Waals surface area contributed by atoms with Crippen LogP contribution in [-0.4, -0.2) is 35.4 Å². The maximum atomic E-state index is 12.9. The van der Waals surface area contributed by atoms with Crippen molar-refractivity contribution >= 4 is 29.1 Å². The number of aromatic nitrogens is 6. The van der Waals surface area contributed by atoms with Crippen LogP contribution in [0, 0.1) is 0 Å². The van der Waals surface area contributed by atoms with Crippen LogP contribution in [0.3, 0.4) is 0 Å². The fraction of sp³-hybridized carbons (Fsp3) is 0.190. The van der Waals surface area contributed by atoms with Crippen LogP contribution in [-0.2, 0) is 13.0 Å². The highest BCUT2D eigenvalue weighted by Gasteiger charge is 2.28. The molecule has 32 heavy (non-hydrogen) atoms. The smallest absolute Gasteiger partial charge is 0.339 e. The van der Waals surface area contributed by atoms with Crippen molar-refractivity contribution in [3.8, 4) is 5.69 Å². The third-order valence-electron chi connectivity index (χ3n) is 5.37. The summed E-state index contributed by atoms with van der Waals surface area (Å²) in [5, 5.41) is 14.8. The zero-order chi connectivity index (χ0) is 22.2. The lowest BCUT2D eigenvalue weighted by Crippen LogP contribution is -2.31. The summed E-state index contributed by atoms with van der Waals surface area (Å²) in [6.07, 6.45) is 2.70. The van der Waals surface area contributed by atoms with Gasteiger partial charge in [0.25, 0.3) is 5.91 Å². The Morgan fingerprint density at radius 1 is 1.16 bits per heavy atom. The quantitative estimate of drug-likeness (QED) is 0.477. The van der Waals surface area contributed by atoms with Crippen LogP contribution < -0.4 is 11.0 Å². The Bertz CT molecular complexity index is 1350. The molecule has 11 heteroatoms. The van der Waals surface area contributed by atoms with Crippen LogP contribution in [0.5, 0.6) is 0 Å². The van der Waals surface area contributed by atoms with Crippen molar-refractivity contribution in [1.29, 1.82) is 0 Å². The molecule has 2 aromatic carbocycles. The number of para-hydroxylation sites is 1. The number of carbonyl (C=O) groups excluding carboxylic acids is 1. The fourth-order valence-corrected chi connectivity index (χ4v) is 4.34. The van der Waals surface area contributed by atoms with Gasteiger partial charge in [-0.2, -0.15) is 5.10 Å². The van der Waals surface area contributed by atoms with Gasteiger partial charge in [-0.05, 0) is 36.6 Å². The normalized spacial score (nSPS) is 15.0. The molecule has 0 saturated carbocycles. The van der Waals surface area contributed by atoms with E-state index < -0.39 is 11.9 Å². The highest BCUT2D eigenvalue weighted by molar-refractivity contribution is 6.35. The summed E-state index contributed by atoms with van der Waals surface area (Å²) >= 11 is 12.4. The number of nitrogens with one attached hydrogen (secondary N) is 2. The van der Waals surface area contributed by atoms with Gasteiger partial charge in [-0.1, -0.05) is 47.5 Å². The number of aryl methyl sites for hydroxylation is 1. The average molecular weight is 470 g/mol. The molecule has 1 amide bonds. The molecule has 4 aromatic rings. The summed E-state index contributed by atoms with van der Waals surface area (Å²) in [5.74, 6) is -0.0260. The van der Waals surface area contributed by atoms with Crippen molar-refractivity contribution in [2.75, 3.05) is 0 Å². The molecule has 9 nitrogen and oxygen atoms in total. The first-order chi connectivity index (χ1) is 15.5. The topological polar surface area (TPSA) is 110 Å². The van der Waals surface area contributed by atoms with E-state index in [0.29, 0.717) is 34.3 Å². The summed E-state index contributed by atoms with van der Waals surface area (Å²) in [6, 6.07) is 12.4. The first-order valence-electron chi connectivity index (χ1n) is 9.90. The molecule has 3 heterocycles. The highest BCUT2D eigenvalue weighted by atomic mass is 35.5. The predicted molar refractivity (Wildman–Crippen MR) is 118 cm³/mol. The largest absolute Gasteiger partial charge is 0.348 e. The second-order valence-corrected chi connectivity index (χ2v) is 8.20. The van der Waals surface area contributed by atoms with Crippen LogP contribution in [0.2, 0.25) is 10.0 Å². The van der Waals surface area contributed by atoms with E-state index >= 15 is 0 Å². The summed E-state index contributed by atoms with van der Waals surface area (Å²) in [7, 11) is 0. The molecule has 2 aromatic heterocycles. The molecule has 0 bridgehead atoms. The maximum Gasteiger partial charge on any atom is 0.348 e. The molecule has 0 spiro atoms.